The first-order chi connectivity index (χ1) is 32.8. The molecule has 14 nitrogen and oxygen atoms in total. The molecule has 10 rings (SSSR count). The van der Waals surface area contributed by atoms with Crippen molar-refractivity contribution in [2.24, 2.45) is 0 Å². The van der Waals surface area contributed by atoms with Gasteiger partial charge in [0.05, 0.1) is 49.6 Å². The molecule has 2 atom stereocenters. The molecular formula is C50H48F4N12O2. The van der Waals surface area contributed by atoms with Crippen LogP contribution in [0.25, 0.3) is 34.7 Å². The molecule has 0 unspecified atom stereocenters. The third-order valence-corrected chi connectivity index (χ3v) is 12.0. The lowest BCUT2D eigenvalue weighted by Crippen LogP contribution is -2.18. The third kappa shape index (κ3) is 9.43. The summed E-state index contributed by atoms with van der Waals surface area (Å²) in [5, 5.41) is 9.34. The van der Waals surface area contributed by atoms with E-state index in [0.29, 0.717) is 45.9 Å². The van der Waals surface area contributed by atoms with Gasteiger partial charge in [0, 0.05) is 37.3 Å². The predicted molar refractivity (Wildman–Crippen MR) is 247 cm³/mol. The van der Waals surface area contributed by atoms with Crippen LogP contribution < -0.4 is 9.47 Å². The normalized spacial score (nSPS) is 15.9. The summed E-state index contributed by atoms with van der Waals surface area (Å²) in [5.74, 6) is -0.00594. The molecule has 0 amide bonds. The second-order valence-corrected chi connectivity index (χ2v) is 16.8. The van der Waals surface area contributed by atoms with Gasteiger partial charge in [-0.3, -0.25) is 0 Å². The Balaban J connectivity index is 0.000000170. The summed E-state index contributed by atoms with van der Waals surface area (Å²) in [6, 6.07) is 15.7. The molecule has 18 heteroatoms. The van der Waals surface area contributed by atoms with E-state index in [1.165, 1.54) is 24.3 Å². The molecular weight excluding hydrogens is 877 g/mol. The van der Waals surface area contributed by atoms with Crippen molar-refractivity contribution >= 4 is 23.3 Å². The van der Waals surface area contributed by atoms with Crippen molar-refractivity contribution in [2.75, 3.05) is 14.2 Å². The van der Waals surface area contributed by atoms with E-state index in [0.717, 1.165) is 84.3 Å². The third-order valence-electron chi connectivity index (χ3n) is 12.0. The van der Waals surface area contributed by atoms with Gasteiger partial charge in [0.2, 0.25) is 11.8 Å². The van der Waals surface area contributed by atoms with Gasteiger partial charge in [-0.1, -0.05) is 12.1 Å². The highest BCUT2D eigenvalue weighted by Crippen LogP contribution is 2.36. The number of allylic oxidation sites excluding steroid dienone is 2. The second kappa shape index (κ2) is 19.2. The number of imidazole rings is 2. The number of aryl methyl sites for hydroxylation is 4. The Hall–Kier alpha value is -7.76. The lowest BCUT2D eigenvalue weighted by molar-refractivity contribution is 0.395. The van der Waals surface area contributed by atoms with E-state index in [1.54, 1.807) is 39.0 Å². The molecule has 6 aromatic heterocycles. The Labute approximate surface area is 389 Å². The van der Waals surface area contributed by atoms with Gasteiger partial charge in [0.25, 0.3) is 0 Å². The molecule has 348 valence electrons. The number of fused-ring (bicyclic) bond motifs is 2. The van der Waals surface area contributed by atoms with Crippen molar-refractivity contribution in [1.82, 2.24) is 58.6 Å². The summed E-state index contributed by atoms with van der Waals surface area (Å²) in [7, 11) is 3.17. The van der Waals surface area contributed by atoms with Crippen LogP contribution in [0.15, 0.2) is 85.7 Å². The minimum atomic E-state index is -0.849. The second-order valence-electron chi connectivity index (χ2n) is 16.8. The number of aromatic nitrogens is 12. The Bertz CT molecular complexity index is 2990. The highest BCUT2D eigenvalue weighted by molar-refractivity contribution is 5.77. The van der Waals surface area contributed by atoms with Gasteiger partial charge >= 0.3 is 0 Å². The predicted octanol–water partition coefficient (Wildman–Crippen LogP) is 9.88. The summed E-state index contributed by atoms with van der Waals surface area (Å²) in [6.45, 7) is 9.17. The zero-order chi connectivity index (χ0) is 47.6. The highest BCUT2D eigenvalue weighted by atomic mass is 19.2. The van der Waals surface area contributed by atoms with Crippen molar-refractivity contribution in [1.29, 1.82) is 0 Å². The molecule has 8 heterocycles. The maximum atomic E-state index is 13.8. The molecule has 2 aromatic carbocycles. The highest BCUT2D eigenvalue weighted by Gasteiger charge is 2.28. The van der Waals surface area contributed by atoms with Crippen LogP contribution in [0.1, 0.15) is 109 Å². The standard InChI is InChI=1S/2C25H24F2N6O/c2*1-15(11-18-7-9-22(25(29-18)34-3)32-13-16(2)28-14-32)23-30-24-19(5-4-10-33(24)31-23)17-6-8-20(26)21(27)12-17/h2*6-9,11-14,19H,4-5,10H2,1-3H3/b2*15-11+/t2*19-/m10/s1. The Morgan fingerprint density at radius 3 is 1.37 bits per heavy atom. The molecule has 0 radical (unpaired) electrons. The van der Waals surface area contributed by atoms with Gasteiger partial charge in [-0.2, -0.15) is 10.2 Å². The van der Waals surface area contributed by atoms with Crippen molar-refractivity contribution in [3.8, 4) is 23.1 Å². The molecule has 0 saturated heterocycles. The SMILES string of the molecule is COc1nc(/C=C(\C)c2nc3n(n2)CCC[C@@H]3c2ccc(F)c(F)c2)ccc1-n1cnc(C)c1.COc1nc(/C=C(\C)c2nc3n(n2)CCC[C@H]3c2ccc(F)c(F)c2)ccc1-n1cnc(C)c1. The maximum Gasteiger partial charge on any atom is 0.238 e. The summed E-state index contributed by atoms with van der Waals surface area (Å²) < 4.78 is 73.0. The van der Waals surface area contributed by atoms with Crippen LogP contribution in [-0.2, 0) is 13.1 Å². The van der Waals surface area contributed by atoms with Crippen LogP contribution in [0.3, 0.4) is 0 Å². The molecule has 68 heavy (non-hydrogen) atoms. The van der Waals surface area contributed by atoms with Crippen LogP contribution in [0.4, 0.5) is 17.6 Å². The minimum Gasteiger partial charge on any atom is -0.479 e. The molecule has 2 aliphatic heterocycles. The number of rotatable bonds is 10. The molecule has 2 aliphatic rings. The van der Waals surface area contributed by atoms with E-state index < -0.39 is 23.3 Å². The van der Waals surface area contributed by atoms with E-state index in [1.807, 2.05) is 95.0 Å². The van der Waals surface area contributed by atoms with E-state index in [2.05, 4.69) is 30.1 Å². The number of hydrogen-bond acceptors (Lipinski definition) is 10. The summed E-state index contributed by atoms with van der Waals surface area (Å²) in [5.41, 5.74) is 7.90. The minimum absolute atomic E-state index is 0.131. The van der Waals surface area contributed by atoms with Crippen LogP contribution in [-0.4, -0.2) is 72.8 Å². The van der Waals surface area contributed by atoms with Gasteiger partial charge < -0.3 is 18.6 Å². The number of hydrogen-bond donors (Lipinski definition) is 0. The van der Waals surface area contributed by atoms with Gasteiger partial charge in [-0.15, -0.1) is 0 Å². The number of benzene rings is 2. The van der Waals surface area contributed by atoms with E-state index in [-0.39, 0.29) is 11.8 Å². The lowest BCUT2D eigenvalue weighted by atomic mass is 9.91. The first kappa shape index (κ1) is 45.4. The quantitative estimate of drug-likeness (QED) is 0.122. The van der Waals surface area contributed by atoms with Crippen LogP contribution in [0.5, 0.6) is 11.8 Å². The fraction of sp³-hybridized carbons (Fsp3) is 0.280. The number of pyridine rings is 2. The maximum absolute atomic E-state index is 13.8. The van der Waals surface area contributed by atoms with Crippen molar-refractivity contribution in [2.45, 2.75) is 78.3 Å². The van der Waals surface area contributed by atoms with Gasteiger partial charge in [0.1, 0.15) is 23.0 Å². The van der Waals surface area contributed by atoms with E-state index in [9.17, 15) is 17.6 Å². The molecule has 8 aromatic rings. The lowest BCUT2D eigenvalue weighted by Gasteiger charge is -2.22. The van der Waals surface area contributed by atoms with Gasteiger partial charge in [-0.05, 0) is 136 Å². The monoisotopic (exact) mass is 924 g/mol. The van der Waals surface area contributed by atoms with Crippen LogP contribution in [0, 0.1) is 37.1 Å². The van der Waals surface area contributed by atoms with Crippen LogP contribution >= 0.6 is 0 Å². The number of ether oxygens (including phenoxy) is 2. The van der Waals surface area contributed by atoms with Crippen LogP contribution in [0.2, 0.25) is 0 Å². The fourth-order valence-electron chi connectivity index (χ4n) is 8.55. The number of nitrogens with zero attached hydrogens (tertiary/aromatic N) is 12. The van der Waals surface area contributed by atoms with Crippen molar-refractivity contribution < 1.29 is 27.0 Å². The largest absolute Gasteiger partial charge is 0.479 e. The fourth-order valence-corrected chi connectivity index (χ4v) is 8.55. The summed E-state index contributed by atoms with van der Waals surface area (Å²) in [4.78, 5) is 27.3. The smallest absolute Gasteiger partial charge is 0.238 e. The molecule has 0 spiro atoms. The van der Waals surface area contributed by atoms with Crippen molar-refractivity contribution in [3.63, 3.8) is 0 Å². The molecule has 0 saturated carbocycles. The van der Waals surface area contributed by atoms with E-state index in [4.69, 9.17) is 19.4 Å². The summed E-state index contributed by atoms with van der Waals surface area (Å²) >= 11 is 0. The van der Waals surface area contributed by atoms with Crippen molar-refractivity contribution in [3.05, 3.63) is 166 Å². The zero-order valence-corrected chi connectivity index (χ0v) is 38.3. The number of methoxy groups -OCH3 is 2. The molecule has 0 aliphatic carbocycles. The average Bonchev–Trinajstić information content (AvgIpc) is 4.18. The molecule has 0 fully saturated rings. The first-order valence-electron chi connectivity index (χ1n) is 22.1. The Morgan fingerprint density at radius 1 is 0.574 bits per heavy atom. The topological polar surface area (TPSA) is 141 Å². The molecule has 0 bridgehead atoms. The Morgan fingerprint density at radius 2 is 1.00 bits per heavy atom. The summed E-state index contributed by atoms with van der Waals surface area (Å²) in [6.07, 6.45) is 14.4. The van der Waals surface area contributed by atoms with Gasteiger partial charge in [-0.25, -0.2) is 56.8 Å². The Kier molecular flexibility index (Phi) is 12.8. The van der Waals surface area contributed by atoms with E-state index >= 15 is 0 Å². The first-order valence-corrected chi connectivity index (χ1v) is 22.1. The molecule has 0 N–H and O–H groups in total. The van der Waals surface area contributed by atoms with Gasteiger partial charge in [0.15, 0.2) is 34.9 Å². The average molecular weight is 925 g/mol. The number of halogens is 4. The zero-order valence-electron chi connectivity index (χ0n) is 38.3.